The van der Waals surface area contributed by atoms with Crippen LogP contribution in [0, 0.1) is 5.82 Å². The van der Waals surface area contributed by atoms with Crippen LogP contribution in [-0.4, -0.2) is 12.0 Å². The predicted molar refractivity (Wildman–Crippen MR) is 68.0 cm³/mol. The summed E-state index contributed by atoms with van der Waals surface area (Å²) in [5.74, 6) is -0.242. The van der Waals surface area contributed by atoms with Crippen molar-refractivity contribution in [1.29, 1.82) is 0 Å². The molecule has 0 saturated carbocycles. The molecule has 0 amide bonds. The van der Waals surface area contributed by atoms with E-state index in [9.17, 15) is 4.39 Å². The molecular weight excluding hydrogens is 291 g/mol. The molecule has 2 rings (SSSR count). The zero-order chi connectivity index (χ0) is 11.5. The van der Waals surface area contributed by atoms with E-state index in [1.165, 1.54) is 17.4 Å². The third-order valence-electron chi connectivity index (χ3n) is 2.07. The summed E-state index contributed by atoms with van der Waals surface area (Å²) >= 11 is 4.78. The molecule has 1 aromatic carbocycles. The van der Waals surface area contributed by atoms with Crippen molar-refractivity contribution in [2.45, 2.75) is 6.54 Å². The van der Waals surface area contributed by atoms with Crippen LogP contribution in [0.5, 0.6) is 0 Å². The molecule has 0 spiro atoms. The fourth-order valence-corrected chi connectivity index (χ4v) is 2.55. The van der Waals surface area contributed by atoms with Crippen LogP contribution in [0.4, 0.5) is 4.39 Å². The third kappa shape index (κ3) is 2.48. The summed E-state index contributed by atoms with van der Waals surface area (Å²) in [6.45, 7) is 0.701. The van der Waals surface area contributed by atoms with E-state index in [0.717, 1.165) is 10.2 Å². The van der Waals surface area contributed by atoms with Crippen molar-refractivity contribution in [3.8, 4) is 10.6 Å². The van der Waals surface area contributed by atoms with Crippen LogP contribution in [0.25, 0.3) is 10.6 Å². The van der Waals surface area contributed by atoms with Crippen molar-refractivity contribution in [2.24, 2.45) is 0 Å². The van der Waals surface area contributed by atoms with Gasteiger partial charge in [0.15, 0.2) is 0 Å². The monoisotopic (exact) mass is 300 g/mol. The van der Waals surface area contributed by atoms with Crippen LogP contribution in [0.15, 0.2) is 28.1 Å². The number of aromatic nitrogens is 1. The van der Waals surface area contributed by atoms with Gasteiger partial charge in [0.25, 0.3) is 0 Å². The molecule has 1 heterocycles. The van der Waals surface area contributed by atoms with Crippen LogP contribution < -0.4 is 5.32 Å². The summed E-state index contributed by atoms with van der Waals surface area (Å²) in [6.07, 6.45) is 0. The van der Waals surface area contributed by atoms with Gasteiger partial charge >= 0.3 is 0 Å². The maximum Gasteiger partial charge on any atom is 0.133 e. The summed E-state index contributed by atoms with van der Waals surface area (Å²) in [6, 6.07) is 4.87. The lowest BCUT2D eigenvalue weighted by atomic mass is 10.2. The van der Waals surface area contributed by atoms with E-state index in [4.69, 9.17) is 0 Å². The lowest BCUT2D eigenvalue weighted by Gasteiger charge is -1.99. The SMILES string of the molecule is CNCc1csc(-c2cc(Br)ccc2F)n1. The molecule has 0 radical (unpaired) electrons. The summed E-state index contributed by atoms with van der Waals surface area (Å²) in [5.41, 5.74) is 1.48. The molecule has 0 aliphatic heterocycles. The Kier molecular flexibility index (Phi) is 3.68. The summed E-state index contributed by atoms with van der Waals surface area (Å²) in [7, 11) is 1.86. The van der Waals surface area contributed by atoms with Crippen molar-refractivity contribution >= 4 is 27.3 Å². The fourth-order valence-electron chi connectivity index (χ4n) is 1.35. The van der Waals surface area contributed by atoms with Crippen molar-refractivity contribution < 1.29 is 4.39 Å². The average molecular weight is 301 g/mol. The number of thiazole rings is 1. The van der Waals surface area contributed by atoms with Crippen molar-refractivity contribution in [2.75, 3.05) is 7.05 Å². The van der Waals surface area contributed by atoms with E-state index in [-0.39, 0.29) is 5.82 Å². The van der Waals surface area contributed by atoms with Gasteiger partial charge in [0.1, 0.15) is 10.8 Å². The van der Waals surface area contributed by atoms with Crippen LogP contribution >= 0.6 is 27.3 Å². The van der Waals surface area contributed by atoms with Gasteiger partial charge in [0, 0.05) is 22.0 Å². The predicted octanol–water partition coefficient (Wildman–Crippen LogP) is 3.43. The number of halogens is 2. The van der Waals surface area contributed by atoms with E-state index in [0.29, 0.717) is 17.1 Å². The topological polar surface area (TPSA) is 24.9 Å². The molecule has 16 heavy (non-hydrogen) atoms. The minimum atomic E-state index is -0.242. The second kappa shape index (κ2) is 5.03. The van der Waals surface area contributed by atoms with E-state index in [1.54, 1.807) is 12.1 Å². The molecule has 0 saturated heterocycles. The van der Waals surface area contributed by atoms with Crippen LogP contribution in [0.1, 0.15) is 5.69 Å². The summed E-state index contributed by atoms with van der Waals surface area (Å²) in [5, 5.41) is 5.66. The molecule has 2 nitrogen and oxygen atoms in total. The van der Waals surface area contributed by atoms with Crippen molar-refractivity contribution in [1.82, 2.24) is 10.3 Å². The Labute approximate surface area is 106 Å². The van der Waals surface area contributed by atoms with Gasteiger partial charge in [0.2, 0.25) is 0 Å². The van der Waals surface area contributed by atoms with E-state index >= 15 is 0 Å². The normalized spacial score (nSPS) is 10.7. The minimum absolute atomic E-state index is 0.242. The molecule has 0 fully saturated rings. The van der Waals surface area contributed by atoms with Crippen LogP contribution in [0.2, 0.25) is 0 Å². The van der Waals surface area contributed by atoms with Gasteiger partial charge in [0.05, 0.1) is 5.69 Å². The van der Waals surface area contributed by atoms with Gasteiger partial charge < -0.3 is 5.32 Å². The lowest BCUT2D eigenvalue weighted by Crippen LogP contribution is -2.04. The van der Waals surface area contributed by atoms with Gasteiger partial charge in [-0.1, -0.05) is 15.9 Å². The molecule has 0 aliphatic carbocycles. The zero-order valence-corrected chi connectivity index (χ0v) is 11.0. The number of hydrogen-bond donors (Lipinski definition) is 1. The van der Waals surface area contributed by atoms with Crippen LogP contribution in [0.3, 0.4) is 0 Å². The molecule has 2 aromatic rings. The Morgan fingerprint density at radius 2 is 2.31 bits per heavy atom. The smallest absolute Gasteiger partial charge is 0.133 e. The fraction of sp³-hybridized carbons (Fsp3) is 0.182. The van der Waals surface area contributed by atoms with E-state index in [2.05, 4.69) is 26.2 Å². The molecule has 0 aliphatic rings. The zero-order valence-electron chi connectivity index (χ0n) is 8.63. The van der Waals surface area contributed by atoms with Crippen molar-refractivity contribution in [3.63, 3.8) is 0 Å². The molecule has 0 atom stereocenters. The second-order valence-electron chi connectivity index (χ2n) is 3.30. The highest BCUT2D eigenvalue weighted by atomic mass is 79.9. The number of nitrogens with one attached hydrogen (secondary N) is 1. The Balaban J connectivity index is 2.38. The van der Waals surface area contributed by atoms with Gasteiger partial charge in [-0.2, -0.15) is 0 Å². The molecule has 1 N–H and O–H groups in total. The first-order valence-electron chi connectivity index (χ1n) is 4.75. The number of nitrogens with zero attached hydrogens (tertiary/aromatic N) is 1. The van der Waals surface area contributed by atoms with Gasteiger partial charge in [-0.15, -0.1) is 11.3 Å². The Hall–Kier alpha value is -0.780. The minimum Gasteiger partial charge on any atom is -0.314 e. The highest BCUT2D eigenvalue weighted by Crippen LogP contribution is 2.28. The quantitative estimate of drug-likeness (QED) is 0.939. The highest BCUT2D eigenvalue weighted by molar-refractivity contribution is 9.10. The molecule has 1 aromatic heterocycles. The molecule has 0 bridgehead atoms. The first-order valence-corrected chi connectivity index (χ1v) is 6.42. The largest absolute Gasteiger partial charge is 0.314 e. The molecular formula is C11H10BrFN2S. The highest BCUT2D eigenvalue weighted by Gasteiger charge is 2.09. The summed E-state index contributed by atoms with van der Waals surface area (Å²) in [4.78, 5) is 4.37. The van der Waals surface area contributed by atoms with Crippen molar-refractivity contribution in [3.05, 3.63) is 39.6 Å². The van der Waals surface area contributed by atoms with Gasteiger partial charge in [-0.25, -0.2) is 9.37 Å². The lowest BCUT2D eigenvalue weighted by molar-refractivity contribution is 0.631. The Morgan fingerprint density at radius 3 is 3.06 bits per heavy atom. The maximum absolute atomic E-state index is 13.6. The molecule has 0 unspecified atom stereocenters. The summed E-state index contributed by atoms with van der Waals surface area (Å²) < 4.78 is 14.4. The molecule has 84 valence electrons. The first-order chi connectivity index (χ1) is 7.70. The second-order valence-corrected chi connectivity index (χ2v) is 5.07. The molecule has 5 heteroatoms. The van der Waals surface area contributed by atoms with E-state index < -0.39 is 0 Å². The number of hydrogen-bond acceptors (Lipinski definition) is 3. The number of rotatable bonds is 3. The van der Waals surface area contributed by atoms with Crippen LogP contribution in [-0.2, 0) is 6.54 Å². The van der Waals surface area contributed by atoms with Gasteiger partial charge in [-0.3, -0.25) is 0 Å². The Bertz CT molecular complexity index is 498. The standard InChI is InChI=1S/C11H10BrFN2S/c1-14-5-8-6-16-11(15-8)9-4-7(12)2-3-10(9)13/h2-4,6,14H,5H2,1H3. The third-order valence-corrected chi connectivity index (χ3v) is 3.49. The first kappa shape index (κ1) is 11.7. The van der Waals surface area contributed by atoms with E-state index in [1.807, 2.05) is 12.4 Å². The number of benzene rings is 1. The maximum atomic E-state index is 13.6. The Morgan fingerprint density at radius 1 is 1.50 bits per heavy atom. The average Bonchev–Trinajstić information content (AvgIpc) is 2.71. The van der Waals surface area contributed by atoms with Gasteiger partial charge in [-0.05, 0) is 25.2 Å².